The molecule has 0 unspecified atom stereocenters. The Morgan fingerprint density at radius 3 is 2.16 bits per heavy atom. The number of aryl methyl sites for hydroxylation is 1. The summed E-state index contributed by atoms with van der Waals surface area (Å²) in [4.78, 5) is 21.5. The fourth-order valence-electron chi connectivity index (χ4n) is 3.68. The fraction of sp³-hybridized carbons (Fsp3) is 0.250. The van der Waals surface area contributed by atoms with Crippen molar-refractivity contribution in [3.05, 3.63) is 84.1 Å². The molecule has 0 radical (unpaired) electrons. The molecule has 3 aromatic rings. The van der Waals surface area contributed by atoms with E-state index in [2.05, 4.69) is 9.88 Å². The van der Waals surface area contributed by atoms with Gasteiger partial charge in [0.1, 0.15) is 5.82 Å². The van der Waals surface area contributed by atoms with Gasteiger partial charge >= 0.3 is 0 Å². The van der Waals surface area contributed by atoms with Crippen LogP contribution in [0, 0.1) is 6.92 Å². The summed E-state index contributed by atoms with van der Waals surface area (Å²) in [7, 11) is -2.15. The standard InChI is InChI=1S/C24H26N4O3S/c1-19-6-12-22(13-7-19)32(30,31)26(2)21-10-8-20(9-11-21)24(29)28-17-15-27(16-18-28)23-5-3-4-14-25-23/h3-14H,15-18H2,1-2H3. The van der Waals surface area contributed by atoms with Gasteiger partial charge in [-0.15, -0.1) is 0 Å². The summed E-state index contributed by atoms with van der Waals surface area (Å²) in [5.41, 5.74) is 2.04. The number of hydrogen-bond acceptors (Lipinski definition) is 5. The largest absolute Gasteiger partial charge is 0.353 e. The maximum absolute atomic E-state index is 12.9. The number of benzene rings is 2. The van der Waals surface area contributed by atoms with Crippen molar-refractivity contribution in [1.29, 1.82) is 0 Å². The number of hydrogen-bond donors (Lipinski definition) is 0. The van der Waals surface area contributed by atoms with E-state index in [-0.39, 0.29) is 10.8 Å². The number of rotatable bonds is 5. The van der Waals surface area contributed by atoms with E-state index in [0.29, 0.717) is 24.3 Å². The van der Waals surface area contributed by atoms with Crippen molar-refractivity contribution < 1.29 is 13.2 Å². The molecule has 4 rings (SSSR count). The summed E-state index contributed by atoms with van der Waals surface area (Å²) < 4.78 is 27.0. The van der Waals surface area contributed by atoms with E-state index in [9.17, 15) is 13.2 Å². The first-order valence-electron chi connectivity index (χ1n) is 10.5. The highest BCUT2D eigenvalue weighted by Gasteiger charge is 2.24. The molecule has 0 aliphatic carbocycles. The summed E-state index contributed by atoms with van der Waals surface area (Å²) in [6, 6.07) is 19.3. The van der Waals surface area contributed by atoms with E-state index in [1.54, 1.807) is 54.7 Å². The van der Waals surface area contributed by atoms with Crippen LogP contribution >= 0.6 is 0 Å². The van der Waals surface area contributed by atoms with Gasteiger partial charge in [0.2, 0.25) is 0 Å². The molecule has 8 heteroatoms. The van der Waals surface area contributed by atoms with E-state index >= 15 is 0 Å². The van der Waals surface area contributed by atoms with E-state index in [1.807, 2.05) is 30.0 Å². The first kappa shape index (κ1) is 21.8. The van der Waals surface area contributed by atoms with E-state index in [0.717, 1.165) is 24.5 Å². The molecule has 0 saturated carbocycles. The zero-order valence-electron chi connectivity index (χ0n) is 18.2. The van der Waals surface area contributed by atoms with Crippen LogP contribution in [-0.4, -0.2) is 57.4 Å². The van der Waals surface area contributed by atoms with Crippen molar-refractivity contribution in [2.75, 3.05) is 42.4 Å². The van der Waals surface area contributed by atoms with Crippen molar-refractivity contribution in [3.8, 4) is 0 Å². The van der Waals surface area contributed by atoms with E-state index < -0.39 is 10.0 Å². The van der Waals surface area contributed by atoms with Crippen molar-refractivity contribution in [3.63, 3.8) is 0 Å². The molecule has 1 saturated heterocycles. The summed E-state index contributed by atoms with van der Waals surface area (Å²) in [5.74, 6) is 0.864. The van der Waals surface area contributed by atoms with Gasteiger partial charge in [0.05, 0.1) is 10.6 Å². The SMILES string of the molecule is Cc1ccc(S(=O)(=O)N(C)c2ccc(C(=O)N3CCN(c4ccccn4)CC3)cc2)cc1. The van der Waals surface area contributed by atoms with Crippen LogP contribution in [0.3, 0.4) is 0 Å². The molecule has 0 N–H and O–H groups in total. The Morgan fingerprint density at radius 1 is 0.906 bits per heavy atom. The Hall–Kier alpha value is -3.39. The van der Waals surface area contributed by atoms with Gasteiger partial charge in [-0.2, -0.15) is 0 Å². The lowest BCUT2D eigenvalue weighted by molar-refractivity contribution is 0.0746. The average Bonchev–Trinajstić information content (AvgIpc) is 2.84. The molecule has 0 spiro atoms. The first-order chi connectivity index (χ1) is 15.4. The second-order valence-corrected chi connectivity index (χ2v) is 9.77. The van der Waals surface area contributed by atoms with Gasteiger partial charge in [-0.25, -0.2) is 13.4 Å². The number of sulfonamides is 1. The zero-order valence-corrected chi connectivity index (χ0v) is 19.0. The fourth-order valence-corrected chi connectivity index (χ4v) is 4.88. The lowest BCUT2D eigenvalue weighted by Gasteiger charge is -2.35. The maximum Gasteiger partial charge on any atom is 0.264 e. The summed E-state index contributed by atoms with van der Waals surface area (Å²) >= 11 is 0. The van der Waals surface area contributed by atoms with Crippen LogP contribution in [0.2, 0.25) is 0 Å². The van der Waals surface area contributed by atoms with Crippen molar-refractivity contribution in [2.24, 2.45) is 0 Å². The van der Waals surface area contributed by atoms with Gasteiger partial charge in [-0.1, -0.05) is 23.8 Å². The van der Waals surface area contributed by atoms with Crippen molar-refractivity contribution >= 4 is 27.4 Å². The number of carbonyl (C=O) groups is 1. The average molecular weight is 451 g/mol. The summed E-state index contributed by atoms with van der Waals surface area (Å²) in [5, 5.41) is 0. The second kappa shape index (κ2) is 9.00. The Kier molecular flexibility index (Phi) is 6.14. The summed E-state index contributed by atoms with van der Waals surface area (Å²) in [6.45, 7) is 4.57. The third-order valence-electron chi connectivity index (χ3n) is 5.70. The first-order valence-corrected chi connectivity index (χ1v) is 11.9. The third-order valence-corrected chi connectivity index (χ3v) is 7.50. The van der Waals surface area contributed by atoms with Gasteiger partial charge in [0, 0.05) is 45.0 Å². The molecular weight excluding hydrogens is 424 g/mol. The molecule has 32 heavy (non-hydrogen) atoms. The highest BCUT2D eigenvalue weighted by molar-refractivity contribution is 7.92. The number of nitrogens with zero attached hydrogens (tertiary/aromatic N) is 4. The maximum atomic E-state index is 12.9. The van der Waals surface area contributed by atoms with Gasteiger partial charge in [-0.3, -0.25) is 9.10 Å². The predicted octanol–water partition coefficient (Wildman–Crippen LogP) is 3.18. The van der Waals surface area contributed by atoms with E-state index in [4.69, 9.17) is 0 Å². The van der Waals surface area contributed by atoms with Crippen LogP contribution in [0.25, 0.3) is 0 Å². The molecule has 1 aliphatic heterocycles. The smallest absolute Gasteiger partial charge is 0.264 e. The number of pyridine rings is 1. The quantitative estimate of drug-likeness (QED) is 0.597. The second-order valence-electron chi connectivity index (χ2n) is 7.80. The minimum Gasteiger partial charge on any atom is -0.353 e. The normalized spacial score (nSPS) is 14.3. The topological polar surface area (TPSA) is 73.8 Å². The Morgan fingerprint density at radius 2 is 1.56 bits per heavy atom. The van der Waals surface area contributed by atoms with Crippen LogP contribution in [0.1, 0.15) is 15.9 Å². The zero-order chi connectivity index (χ0) is 22.7. The molecule has 0 atom stereocenters. The lowest BCUT2D eigenvalue weighted by Crippen LogP contribution is -2.49. The van der Waals surface area contributed by atoms with E-state index in [1.165, 1.54) is 11.4 Å². The highest BCUT2D eigenvalue weighted by Crippen LogP contribution is 2.23. The number of carbonyl (C=O) groups excluding carboxylic acids is 1. The molecule has 0 bridgehead atoms. The number of amides is 1. The van der Waals surface area contributed by atoms with Gasteiger partial charge in [0.15, 0.2) is 0 Å². The minimum atomic E-state index is -3.67. The monoisotopic (exact) mass is 450 g/mol. The minimum absolute atomic E-state index is 0.0544. The Bertz CT molecular complexity index is 1170. The molecule has 1 fully saturated rings. The van der Waals surface area contributed by atoms with Crippen molar-refractivity contribution in [1.82, 2.24) is 9.88 Å². The third kappa shape index (κ3) is 4.45. The molecule has 1 aromatic heterocycles. The number of anilines is 2. The Balaban J connectivity index is 1.42. The van der Waals surface area contributed by atoms with Crippen LogP contribution in [0.15, 0.2) is 77.8 Å². The van der Waals surface area contributed by atoms with Gasteiger partial charge in [0.25, 0.3) is 15.9 Å². The predicted molar refractivity (Wildman–Crippen MR) is 126 cm³/mol. The molecule has 2 aromatic carbocycles. The van der Waals surface area contributed by atoms with Crippen LogP contribution < -0.4 is 9.21 Å². The van der Waals surface area contributed by atoms with Crippen LogP contribution in [0.4, 0.5) is 11.5 Å². The molecule has 7 nitrogen and oxygen atoms in total. The van der Waals surface area contributed by atoms with Gasteiger partial charge < -0.3 is 9.80 Å². The number of piperazine rings is 1. The van der Waals surface area contributed by atoms with Crippen molar-refractivity contribution in [2.45, 2.75) is 11.8 Å². The Labute approximate surface area is 189 Å². The molecular formula is C24H26N4O3S. The lowest BCUT2D eigenvalue weighted by atomic mass is 10.1. The molecule has 166 valence electrons. The summed E-state index contributed by atoms with van der Waals surface area (Å²) in [6.07, 6.45) is 1.77. The molecule has 1 aliphatic rings. The highest BCUT2D eigenvalue weighted by atomic mass is 32.2. The van der Waals surface area contributed by atoms with Crippen LogP contribution in [0.5, 0.6) is 0 Å². The molecule has 1 amide bonds. The van der Waals surface area contributed by atoms with Gasteiger partial charge in [-0.05, 0) is 55.5 Å². The molecule has 2 heterocycles. The number of aromatic nitrogens is 1. The van der Waals surface area contributed by atoms with Crippen LogP contribution in [-0.2, 0) is 10.0 Å².